The van der Waals surface area contributed by atoms with E-state index in [-0.39, 0.29) is 0 Å². The van der Waals surface area contributed by atoms with Crippen molar-refractivity contribution >= 4 is 21.7 Å². The lowest BCUT2D eigenvalue weighted by Crippen LogP contribution is -2.04. The highest BCUT2D eigenvalue weighted by atomic mass is 79.9. The van der Waals surface area contributed by atoms with Gasteiger partial charge in [0, 0.05) is 19.0 Å². The third kappa shape index (κ3) is 3.81. The first kappa shape index (κ1) is 13.0. The normalized spacial score (nSPS) is 10.3. The highest BCUT2D eigenvalue weighted by Crippen LogP contribution is 2.14. The number of halogens is 1. The molecule has 94 valence electrons. The molecule has 0 saturated carbocycles. The van der Waals surface area contributed by atoms with E-state index in [0.717, 1.165) is 35.6 Å². The van der Waals surface area contributed by atoms with Crippen LogP contribution in [-0.4, -0.2) is 9.97 Å². The number of anilines is 1. The summed E-state index contributed by atoms with van der Waals surface area (Å²) in [4.78, 5) is 8.83. The van der Waals surface area contributed by atoms with Crippen LogP contribution in [0.25, 0.3) is 0 Å². The first-order valence-corrected chi connectivity index (χ1v) is 6.88. The summed E-state index contributed by atoms with van der Waals surface area (Å²) in [5.74, 6) is 1.74. The predicted octanol–water partition coefficient (Wildman–Crippen LogP) is 3.80. The van der Waals surface area contributed by atoms with Crippen molar-refractivity contribution in [2.75, 3.05) is 5.32 Å². The summed E-state index contributed by atoms with van der Waals surface area (Å²) in [6.07, 6.45) is 1.95. The number of hydrogen-bond acceptors (Lipinski definition) is 3. The van der Waals surface area contributed by atoms with Gasteiger partial charge in [0.15, 0.2) is 0 Å². The van der Waals surface area contributed by atoms with Crippen LogP contribution >= 0.6 is 15.9 Å². The van der Waals surface area contributed by atoms with Gasteiger partial charge >= 0.3 is 0 Å². The van der Waals surface area contributed by atoms with E-state index in [2.05, 4.69) is 50.3 Å². The maximum absolute atomic E-state index is 4.49. The molecule has 0 aliphatic carbocycles. The van der Waals surface area contributed by atoms with Crippen LogP contribution in [0.3, 0.4) is 0 Å². The van der Waals surface area contributed by atoms with E-state index < -0.39 is 0 Å². The average Bonchev–Trinajstić information content (AvgIpc) is 2.37. The van der Waals surface area contributed by atoms with E-state index >= 15 is 0 Å². The molecule has 0 radical (unpaired) electrons. The number of nitrogens with one attached hydrogen (secondary N) is 1. The molecular weight excluding hydrogens is 290 g/mol. The molecule has 3 nitrogen and oxygen atoms in total. The Morgan fingerprint density at radius 2 is 1.94 bits per heavy atom. The molecule has 1 N–H and O–H groups in total. The van der Waals surface area contributed by atoms with Gasteiger partial charge < -0.3 is 5.32 Å². The Balaban J connectivity index is 2.05. The summed E-state index contributed by atoms with van der Waals surface area (Å²) < 4.78 is 0.830. The maximum Gasteiger partial charge on any atom is 0.132 e. The molecule has 0 spiro atoms. The molecule has 0 atom stereocenters. The molecule has 2 aromatic rings. The second-order valence-corrected chi connectivity index (χ2v) is 4.89. The summed E-state index contributed by atoms with van der Waals surface area (Å²) in [5.41, 5.74) is 1.24. The number of hydrogen-bond donors (Lipinski definition) is 1. The van der Waals surface area contributed by atoms with Crippen LogP contribution in [0.5, 0.6) is 0 Å². The van der Waals surface area contributed by atoms with Crippen LogP contribution in [0.15, 0.2) is 41.0 Å². The van der Waals surface area contributed by atoms with Gasteiger partial charge in [0.05, 0.1) is 0 Å². The van der Waals surface area contributed by atoms with Crippen molar-refractivity contribution in [3.63, 3.8) is 0 Å². The third-order valence-corrected chi connectivity index (χ3v) is 2.94. The van der Waals surface area contributed by atoms with E-state index in [1.54, 1.807) is 0 Å². The van der Waals surface area contributed by atoms with E-state index in [0.29, 0.717) is 0 Å². The number of aromatic nitrogens is 2. The molecule has 0 amide bonds. The van der Waals surface area contributed by atoms with Gasteiger partial charge in [0.25, 0.3) is 0 Å². The van der Waals surface area contributed by atoms with Crippen LogP contribution < -0.4 is 5.32 Å². The van der Waals surface area contributed by atoms with Crippen LogP contribution in [0, 0.1) is 0 Å². The minimum absolute atomic E-state index is 0.774. The lowest BCUT2D eigenvalue weighted by Gasteiger charge is -2.07. The van der Waals surface area contributed by atoms with Gasteiger partial charge in [-0.1, -0.05) is 37.3 Å². The van der Waals surface area contributed by atoms with E-state index in [1.165, 1.54) is 5.56 Å². The van der Waals surface area contributed by atoms with Crippen molar-refractivity contribution in [2.24, 2.45) is 0 Å². The van der Waals surface area contributed by atoms with Gasteiger partial charge in [0.2, 0.25) is 0 Å². The Hall–Kier alpha value is -1.42. The molecule has 1 heterocycles. The largest absolute Gasteiger partial charge is 0.366 e. The molecule has 0 saturated heterocycles. The molecule has 1 aromatic carbocycles. The van der Waals surface area contributed by atoms with Gasteiger partial charge in [-0.25, -0.2) is 9.97 Å². The summed E-state index contributed by atoms with van der Waals surface area (Å²) in [5, 5.41) is 3.32. The number of nitrogens with zero attached hydrogens (tertiary/aromatic N) is 2. The van der Waals surface area contributed by atoms with Crippen LogP contribution in [-0.2, 0) is 13.0 Å². The highest BCUT2D eigenvalue weighted by molar-refractivity contribution is 9.10. The Morgan fingerprint density at radius 1 is 1.17 bits per heavy atom. The van der Waals surface area contributed by atoms with Crippen LogP contribution in [0.2, 0.25) is 0 Å². The second-order valence-electron chi connectivity index (χ2n) is 4.08. The van der Waals surface area contributed by atoms with Crippen LogP contribution in [0.1, 0.15) is 24.7 Å². The standard InChI is InChI=1S/C14H16BrN3/c1-2-6-13-17-12(15)9-14(18-13)16-10-11-7-4-3-5-8-11/h3-5,7-9H,2,6,10H2,1H3,(H,16,17,18). The van der Waals surface area contributed by atoms with E-state index in [1.807, 2.05) is 24.3 Å². The quantitative estimate of drug-likeness (QED) is 0.854. The lowest BCUT2D eigenvalue weighted by atomic mass is 10.2. The van der Waals surface area contributed by atoms with Gasteiger partial charge in [-0.05, 0) is 27.9 Å². The Labute approximate surface area is 116 Å². The summed E-state index contributed by atoms with van der Waals surface area (Å²) in [6.45, 7) is 2.90. The fourth-order valence-electron chi connectivity index (χ4n) is 1.68. The molecule has 18 heavy (non-hydrogen) atoms. The molecule has 2 rings (SSSR count). The zero-order chi connectivity index (χ0) is 12.8. The summed E-state index contributed by atoms with van der Waals surface area (Å²) >= 11 is 3.42. The van der Waals surface area contributed by atoms with Crippen molar-refractivity contribution in [1.82, 2.24) is 9.97 Å². The van der Waals surface area contributed by atoms with Crippen molar-refractivity contribution in [1.29, 1.82) is 0 Å². The minimum atomic E-state index is 0.774. The van der Waals surface area contributed by atoms with Crippen molar-refractivity contribution in [3.05, 3.63) is 52.4 Å². The summed E-state index contributed by atoms with van der Waals surface area (Å²) in [6, 6.07) is 12.2. The molecule has 1 aromatic heterocycles. The molecule has 0 aliphatic heterocycles. The fourth-order valence-corrected chi connectivity index (χ4v) is 2.10. The molecule has 0 unspecified atom stereocenters. The molecular formula is C14H16BrN3. The van der Waals surface area contributed by atoms with Crippen molar-refractivity contribution < 1.29 is 0 Å². The zero-order valence-corrected chi connectivity index (χ0v) is 11.9. The van der Waals surface area contributed by atoms with Crippen LogP contribution in [0.4, 0.5) is 5.82 Å². The number of aryl methyl sites for hydroxylation is 1. The Morgan fingerprint density at radius 3 is 2.67 bits per heavy atom. The highest BCUT2D eigenvalue weighted by Gasteiger charge is 2.02. The van der Waals surface area contributed by atoms with Gasteiger partial charge in [-0.2, -0.15) is 0 Å². The molecule has 0 aliphatic rings. The number of rotatable bonds is 5. The zero-order valence-electron chi connectivity index (χ0n) is 10.4. The fraction of sp³-hybridized carbons (Fsp3) is 0.286. The summed E-state index contributed by atoms with van der Waals surface area (Å²) in [7, 11) is 0. The molecule has 4 heteroatoms. The van der Waals surface area contributed by atoms with Crippen molar-refractivity contribution in [2.45, 2.75) is 26.3 Å². The number of benzene rings is 1. The monoisotopic (exact) mass is 305 g/mol. The topological polar surface area (TPSA) is 37.8 Å². The first-order chi connectivity index (χ1) is 8.78. The van der Waals surface area contributed by atoms with Gasteiger partial charge in [-0.15, -0.1) is 0 Å². The maximum atomic E-state index is 4.49. The van der Waals surface area contributed by atoms with E-state index in [9.17, 15) is 0 Å². The molecule has 0 fully saturated rings. The average molecular weight is 306 g/mol. The Bertz CT molecular complexity index is 500. The van der Waals surface area contributed by atoms with E-state index in [4.69, 9.17) is 0 Å². The smallest absolute Gasteiger partial charge is 0.132 e. The van der Waals surface area contributed by atoms with Gasteiger partial charge in [0.1, 0.15) is 16.2 Å². The minimum Gasteiger partial charge on any atom is -0.366 e. The predicted molar refractivity (Wildman–Crippen MR) is 77.5 cm³/mol. The third-order valence-electron chi connectivity index (χ3n) is 2.53. The second kappa shape index (κ2) is 6.50. The molecule has 0 bridgehead atoms. The Kier molecular flexibility index (Phi) is 4.70. The first-order valence-electron chi connectivity index (χ1n) is 6.09. The SMILES string of the molecule is CCCc1nc(Br)cc(NCc2ccccc2)n1. The van der Waals surface area contributed by atoms with Crippen molar-refractivity contribution in [3.8, 4) is 0 Å². The van der Waals surface area contributed by atoms with Gasteiger partial charge in [-0.3, -0.25) is 0 Å². The lowest BCUT2D eigenvalue weighted by molar-refractivity contribution is 0.828.